The average molecular weight is 397 g/mol. The second-order valence-corrected chi connectivity index (χ2v) is 10.7. The lowest BCUT2D eigenvalue weighted by Gasteiger charge is -2.23. The zero-order valence-corrected chi connectivity index (χ0v) is 17.8. The lowest BCUT2D eigenvalue weighted by molar-refractivity contribution is -0.151. The largest absolute Gasteiger partial charge is 0.616 e. The lowest BCUT2D eigenvalue weighted by Crippen LogP contribution is -2.30. The zero-order chi connectivity index (χ0) is 19.7. The zero-order valence-electron chi connectivity index (χ0n) is 16.2. The van der Waals surface area contributed by atoms with Crippen LogP contribution in [0.25, 0.3) is 0 Å². The summed E-state index contributed by atoms with van der Waals surface area (Å²) in [5, 5.41) is 0. The summed E-state index contributed by atoms with van der Waals surface area (Å²) in [6, 6.07) is 0. The van der Waals surface area contributed by atoms with E-state index in [1.165, 1.54) is 14.2 Å². The van der Waals surface area contributed by atoms with Crippen molar-refractivity contribution in [3.05, 3.63) is 0 Å². The van der Waals surface area contributed by atoms with Crippen molar-refractivity contribution < 1.29 is 28.2 Å². The summed E-state index contributed by atoms with van der Waals surface area (Å²) in [7, 11) is 2.69. The van der Waals surface area contributed by atoms with Crippen molar-refractivity contribution in [3.63, 3.8) is 0 Å². The molecule has 0 aliphatic carbocycles. The van der Waals surface area contributed by atoms with Gasteiger partial charge in [0.1, 0.15) is 23.0 Å². The van der Waals surface area contributed by atoms with Crippen molar-refractivity contribution >= 4 is 34.3 Å². The summed E-state index contributed by atoms with van der Waals surface area (Å²) in [6.45, 7) is 7.09. The van der Waals surface area contributed by atoms with Crippen molar-refractivity contribution in [2.75, 3.05) is 37.2 Å². The van der Waals surface area contributed by atoms with Crippen LogP contribution in [-0.4, -0.2) is 58.3 Å². The second kappa shape index (κ2) is 11.3. The van der Waals surface area contributed by atoms with E-state index in [0.717, 1.165) is 0 Å². The van der Waals surface area contributed by atoms with Crippen LogP contribution in [-0.2, 0) is 41.4 Å². The van der Waals surface area contributed by atoms with Gasteiger partial charge in [-0.1, -0.05) is 22.4 Å². The van der Waals surface area contributed by atoms with Crippen LogP contribution < -0.4 is 0 Å². The van der Waals surface area contributed by atoms with Crippen LogP contribution >= 0.6 is 0 Å². The molecule has 0 spiro atoms. The molecule has 0 aliphatic heterocycles. The predicted octanol–water partition coefficient (Wildman–Crippen LogP) is 2.05. The molecule has 6 nitrogen and oxygen atoms in total. The minimum absolute atomic E-state index is 0.307. The molecule has 25 heavy (non-hydrogen) atoms. The Balaban J connectivity index is 4.03. The Hall–Kier alpha value is -0.440. The fraction of sp³-hybridized carbons (Fsp3) is 0.882. The highest BCUT2D eigenvalue weighted by Gasteiger charge is 2.31. The molecule has 0 amide bonds. The molecule has 2 unspecified atom stereocenters. The van der Waals surface area contributed by atoms with Gasteiger partial charge in [0.15, 0.2) is 0 Å². The van der Waals surface area contributed by atoms with Gasteiger partial charge in [0.25, 0.3) is 0 Å². The molecule has 148 valence electrons. The molecule has 0 bridgehead atoms. The molecule has 0 saturated carbocycles. The maximum Gasteiger partial charge on any atom is 0.311 e. The van der Waals surface area contributed by atoms with Crippen molar-refractivity contribution in [2.45, 2.75) is 47.0 Å². The van der Waals surface area contributed by atoms with Crippen LogP contribution in [0.15, 0.2) is 0 Å². The monoisotopic (exact) mass is 396 g/mol. The van der Waals surface area contributed by atoms with Gasteiger partial charge in [0.2, 0.25) is 0 Å². The van der Waals surface area contributed by atoms with Gasteiger partial charge in [-0.2, -0.15) is 0 Å². The van der Waals surface area contributed by atoms with Crippen LogP contribution in [0.5, 0.6) is 0 Å². The first-order chi connectivity index (χ1) is 11.5. The normalized spacial score (nSPS) is 14.7. The molecule has 0 N–H and O–H groups in total. The summed E-state index contributed by atoms with van der Waals surface area (Å²) in [4.78, 5) is 23.2. The highest BCUT2D eigenvalue weighted by Crippen LogP contribution is 2.24. The summed E-state index contributed by atoms with van der Waals surface area (Å²) in [5.41, 5.74) is -1.29. The Morgan fingerprint density at radius 3 is 1.36 bits per heavy atom. The first kappa shape index (κ1) is 24.6. The summed E-state index contributed by atoms with van der Waals surface area (Å²) < 4.78 is 33.5. The molecular formula is C17H32O6S2. The highest BCUT2D eigenvalue weighted by atomic mass is 32.2. The van der Waals surface area contributed by atoms with Gasteiger partial charge in [-0.15, -0.1) is 0 Å². The smallest absolute Gasteiger partial charge is 0.311 e. The van der Waals surface area contributed by atoms with E-state index in [9.17, 15) is 18.7 Å². The van der Waals surface area contributed by atoms with Crippen LogP contribution in [0.2, 0.25) is 0 Å². The van der Waals surface area contributed by atoms with E-state index in [-0.39, 0.29) is 11.9 Å². The number of ether oxygens (including phenoxy) is 2. The number of hydrogen-bond acceptors (Lipinski definition) is 6. The molecule has 8 heteroatoms. The molecule has 0 aromatic carbocycles. The topological polar surface area (TPSA) is 98.7 Å². The Labute approximate surface area is 157 Å². The van der Waals surface area contributed by atoms with Crippen molar-refractivity contribution in [2.24, 2.45) is 10.8 Å². The Kier molecular flexibility index (Phi) is 11.1. The number of hydrogen-bond donors (Lipinski definition) is 0. The molecular weight excluding hydrogens is 364 g/mol. The van der Waals surface area contributed by atoms with Gasteiger partial charge >= 0.3 is 11.9 Å². The number of esters is 2. The fourth-order valence-electron chi connectivity index (χ4n) is 2.08. The van der Waals surface area contributed by atoms with Crippen LogP contribution in [0, 0.1) is 10.8 Å². The summed E-state index contributed by atoms with van der Waals surface area (Å²) >= 11 is -2.10. The van der Waals surface area contributed by atoms with Crippen molar-refractivity contribution in [3.8, 4) is 0 Å². The highest BCUT2D eigenvalue weighted by molar-refractivity contribution is 7.92. The third kappa shape index (κ3) is 9.72. The van der Waals surface area contributed by atoms with E-state index >= 15 is 0 Å². The van der Waals surface area contributed by atoms with Gasteiger partial charge in [0, 0.05) is 19.3 Å². The molecule has 0 fully saturated rings. The number of rotatable bonds is 12. The van der Waals surface area contributed by atoms with Gasteiger partial charge in [-0.25, -0.2) is 0 Å². The first-order valence-corrected chi connectivity index (χ1v) is 11.3. The van der Waals surface area contributed by atoms with Crippen LogP contribution in [0.4, 0.5) is 0 Å². The van der Waals surface area contributed by atoms with Crippen LogP contribution in [0.1, 0.15) is 47.0 Å². The standard InChI is InChI=1S/C17H32O6S2/c1-16(2,14(18)22-5)8-12-24(20)10-7-11-25(21)13-9-17(3,4)15(19)23-6/h7-13H2,1-6H3. The Bertz CT molecular complexity index is 387. The number of carbonyl (C=O) groups excluding carboxylic acids is 2. The van der Waals surface area contributed by atoms with E-state index < -0.39 is 33.2 Å². The third-order valence-electron chi connectivity index (χ3n) is 4.13. The van der Waals surface area contributed by atoms with Crippen LogP contribution in [0.3, 0.4) is 0 Å². The Morgan fingerprint density at radius 2 is 1.08 bits per heavy atom. The van der Waals surface area contributed by atoms with E-state index in [4.69, 9.17) is 9.47 Å². The molecule has 0 saturated heterocycles. The lowest BCUT2D eigenvalue weighted by atomic mass is 9.91. The number of methoxy groups -OCH3 is 2. The Morgan fingerprint density at radius 1 is 0.760 bits per heavy atom. The van der Waals surface area contributed by atoms with Gasteiger partial charge in [-0.3, -0.25) is 9.59 Å². The maximum absolute atomic E-state index is 12.0. The van der Waals surface area contributed by atoms with Gasteiger partial charge < -0.3 is 18.6 Å². The summed E-state index contributed by atoms with van der Waals surface area (Å²) in [5.74, 6) is 1.15. The molecule has 0 heterocycles. The SMILES string of the molecule is COC(=O)C(C)(C)CC[S+]([O-])CCC[S+]([O-])CCC(C)(C)C(=O)OC. The third-order valence-corrected chi connectivity index (χ3v) is 6.94. The quantitative estimate of drug-likeness (QED) is 0.370. The second-order valence-electron chi connectivity index (χ2n) is 7.30. The first-order valence-electron chi connectivity index (χ1n) is 8.33. The van der Waals surface area contributed by atoms with Crippen molar-refractivity contribution in [1.29, 1.82) is 0 Å². The minimum atomic E-state index is -1.05. The van der Waals surface area contributed by atoms with E-state index in [1.54, 1.807) is 27.7 Å². The predicted molar refractivity (Wildman–Crippen MR) is 101 cm³/mol. The van der Waals surface area contributed by atoms with E-state index in [1.807, 2.05) is 0 Å². The van der Waals surface area contributed by atoms with Crippen molar-refractivity contribution in [1.82, 2.24) is 0 Å². The molecule has 0 aliphatic rings. The molecule has 0 aromatic heterocycles. The molecule has 0 aromatic rings. The average Bonchev–Trinajstić information content (AvgIpc) is 2.56. The molecule has 2 atom stereocenters. The number of carbonyl (C=O) groups is 2. The maximum atomic E-state index is 12.0. The fourth-order valence-corrected chi connectivity index (χ4v) is 5.08. The van der Waals surface area contributed by atoms with Gasteiger partial charge in [0.05, 0.1) is 25.0 Å². The van der Waals surface area contributed by atoms with E-state index in [2.05, 4.69) is 0 Å². The minimum Gasteiger partial charge on any atom is -0.616 e. The van der Waals surface area contributed by atoms with E-state index in [0.29, 0.717) is 42.3 Å². The molecule has 0 radical (unpaired) electrons. The van der Waals surface area contributed by atoms with Gasteiger partial charge in [-0.05, 0) is 27.7 Å². The molecule has 0 rings (SSSR count). The summed E-state index contributed by atoms with van der Waals surface area (Å²) in [6.07, 6.45) is 1.57.